The van der Waals surface area contributed by atoms with Gasteiger partial charge in [0, 0.05) is 41.5 Å². The maximum atomic E-state index is 16.7. The molecule has 2 amide bonds. The fourth-order valence-corrected chi connectivity index (χ4v) is 7.90. The van der Waals surface area contributed by atoms with Crippen LogP contribution in [0.4, 0.5) is 18.4 Å². The van der Waals surface area contributed by atoms with Crippen LogP contribution in [-0.2, 0) is 9.47 Å². The third-order valence-electron chi connectivity index (χ3n) is 10.3. The van der Waals surface area contributed by atoms with E-state index in [1.807, 2.05) is 68.7 Å². The van der Waals surface area contributed by atoms with Crippen molar-refractivity contribution < 1.29 is 32.6 Å². The van der Waals surface area contributed by atoms with E-state index in [0.717, 1.165) is 29.7 Å². The molecule has 55 heavy (non-hydrogen) atoms. The lowest BCUT2D eigenvalue weighted by Crippen LogP contribution is -2.37. The van der Waals surface area contributed by atoms with Crippen LogP contribution in [0.25, 0.3) is 44.7 Å². The Morgan fingerprint density at radius 3 is 2.16 bits per heavy atom. The molecule has 2 N–H and O–H groups in total. The van der Waals surface area contributed by atoms with Gasteiger partial charge >= 0.3 is 12.2 Å². The number of aromatic nitrogens is 5. The quantitative estimate of drug-likeness (QED) is 0.183. The monoisotopic (exact) mass is 755 g/mol. The summed E-state index contributed by atoms with van der Waals surface area (Å²) in [5.41, 5.74) is 3.33. The molecule has 0 spiro atoms. The summed E-state index contributed by atoms with van der Waals surface area (Å²) in [6, 6.07) is 10.4. The van der Waals surface area contributed by atoms with Crippen molar-refractivity contribution in [1.29, 1.82) is 0 Å². The van der Waals surface area contributed by atoms with Gasteiger partial charge in [-0.15, -0.1) is 0 Å². The van der Waals surface area contributed by atoms with Crippen molar-refractivity contribution in [3.8, 4) is 39.5 Å². The highest BCUT2D eigenvalue weighted by atomic mass is 19.1. The third kappa shape index (κ3) is 6.80. The number of fused-ring (bicyclic) bond motifs is 5. The molecule has 3 aliphatic rings. The maximum absolute atomic E-state index is 16.7. The number of carbonyl (C=O) groups excluding carboxylic acids is 2. The summed E-state index contributed by atoms with van der Waals surface area (Å²) < 4.78 is 50.9. The fraction of sp³-hybridized carbons (Fsp3) is 0.463. The van der Waals surface area contributed by atoms with E-state index in [1.165, 1.54) is 4.90 Å². The van der Waals surface area contributed by atoms with Crippen LogP contribution in [0.2, 0.25) is 0 Å². The second-order valence-corrected chi connectivity index (χ2v) is 16.6. The van der Waals surface area contributed by atoms with Gasteiger partial charge in [-0.3, -0.25) is 9.80 Å². The van der Waals surface area contributed by atoms with Crippen LogP contribution in [-0.4, -0.2) is 77.0 Å². The van der Waals surface area contributed by atoms with Gasteiger partial charge in [0.2, 0.25) is 0 Å². The molecule has 2 aromatic carbocycles. The Kier molecular flexibility index (Phi) is 8.92. The highest BCUT2D eigenvalue weighted by molar-refractivity contribution is 5.93. The topological polar surface area (TPSA) is 131 Å². The smallest absolute Gasteiger partial charge is 0.411 e. The highest BCUT2D eigenvalue weighted by Gasteiger charge is 2.41. The van der Waals surface area contributed by atoms with Gasteiger partial charge < -0.3 is 28.7 Å². The highest BCUT2D eigenvalue weighted by Crippen LogP contribution is 2.47. The molecule has 2 fully saturated rings. The van der Waals surface area contributed by atoms with Crippen LogP contribution < -0.4 is 4.74 Å². The summed E-state index contributed by atoms with van der Waals surface area (Å²) in [5.74, 6) is 1.30. The molecule has 6 heterocycles. The van der Waals surface area contributed by atoms with Gasteiger partial charge in [-0.2, -0.15) is 0 Å². The summed E-state index contributed by atoms with van der Waals surface area (Å²) in [6.07, 6.45) is 3.07. The lowest BCUT2D eigenvalue weighted by Gasteiger charge is -2.29. The number of ether oxygens (including phenoxy) is 3. The molecule has 2 saturated heterocycles. The number of likely N-dealkylation sites (tertiary alicyclic amines) is 2. The third-order valence-corrected chi connectivity index (χ3v) is 10.3. The van der Waals surface area contributed by atoms with Crippen LogP contribution in [0.15, 0.2) is 48.8 Å². The lowest BCUT2D eigenvalue weighted by molar-refractivity contribution is 0.0204. The van der Waals surface area contributed by atoms with Crippen molar-refractivity contribution in [3.05, 3.63) is 66.3 Å². The lowest BCUT2D eigenvalue weighted by atomic mass is 10.0. The number of alkyl halides is 1. The molecule has 8 rings (SSSR count). The number of rotatable bonds is 5. The summed E-state index contributed by atoms with van der Waals surface area (Å²) >= 11 is 0. The van der Waals surface area contributed by atoms with E-state index in [9.17, 15) is 14.0 Å². The van der Waals surface area contributed by atoms with Crippen LogP contribution in [0.5, 0.6) is 5.75 Å². The number of carbonyl (C=O) groups is 2. The molecule has 1 unspecified atom stereocenters. The predicted molar refractivity (Wildman–Crippen MR) is 203 cm³/mol. The minimum Gasteiger partial charge on any atom is -0.469 e. The molecule has 0 radical (unpaired) electrons. The Morgan fingerprint density at radius 1 is 0.891 bits per heavy atom. The van der Waals surface area contributed by atoms with E-state index in [2.05, 4.69) is 19.9 Å². The van der Waals surface area contributed by atoms with Gasteiger partial charge in [0.05, 0.1) is 53.6 Å². The number of benzene rings is 2. The Morgan fingerprint density at radius 2 is 1.51 bits per heavy atom. The largest absolute Gasteiger partial charge is 0.469 e. The van der Waals surface area contributed by atoms with Gasteiger partial charge in [0.1, 0.15) is 34.8 Å². The number of halogens is 2. The van der Waals surface area contributed by atoms with Gasteiger partial charge in [0.25, 0.3) is 0 Å². The normalized spacial score (nSPS) is 21.1. The molecule has 3 aliphatic heterocycles. The summed E-state index contributed by atoms with van der Waals surface area (Å²) in [4.78, 5) is 44.8. The van der Waals surface area contributed by atoms with Crippen molar-refractivity contribution in [2.24, 2.45) is 0 Å². The summed E-state index contributed by atoms with van der Waals surface area (Å²) in [7, 11) is 0. The molecule has 0 bridgehead atoms. The number of hydrogen-bond donors (Lipinski definition) is 2. The number of H-pyrrole nitrogens is 2. The number of imidazole rings is 2. The van der Waals surface area contributed by atoms with E-state index in [0.29, 0.717) is 58.2 Å². The molecule has 14 heteroatoms. The molecule has 0 saturated carbocycles. The summed E-state index contributed by atoms with van der Waals surface area (Å²) in [5, 5.41) is 0.453. The molecule has 290 valence electrons. The van der Waals surface area contributed by atoms with Gasteiger partial charge in [0.15, 0.2) is 12.0 Å². The number of hydrogen-bond acceptors (Lipinski definition) is 7. The Labute approximate surface area is 318 Å². The second kappa shape index (κ2) is 13.4. The fourth-order valence-electron chi connectivity index (χ4n) is 7.90. The van der Waals surface area contributed by atoms with Gasteiger partial charge in [-0.1, -0.05) is 19.1 Å². The Balaban J connectivity index is 1.08. The van der Waals surface area contributed by atoms with Crippen molar-refractivity contribution in [3.63, 3.8) is 0 Å². The number of amides is 2. The Bertz CT molecular complexity index is 2280. The van der Waals surface area contributed by atoms with Gasteiger partial charge in [-0.05, 0) is 78.6 Å². The zero-order valence-electron chi connectivity index (χ0n) is 32.2. The average Bonchev–Trinajstić information content (AvgIpc) is 3.96. The van der Waals surface area contributed by atoms with Crippen molar-refractivity contribution in [1.82, 2.24) is 34.3 Å². The molecule has 0 aliphatic carbocycles. The van der Waals surface area contributed by atoms with Crippen LogP contribution in [0, 0.1) is 5.82 Å². The first-order valence-corrected chi connectivity index (χ1v) is 19.0. The Hall–Kier alpha value is -5.40. The standard InChI is InChI=1S/C41H47F2N7O5/c1-8-33-50-29-14-12-22(27-19-44-36(46-27)30-10-9-15-48(30)38(51)54-40(2,3)4)16-26(29)34(43)35(50)25-13-11-23(17-32(25)53-33)28-20-45-37(47-28)31-18-24(42)21-49(31)39(52)55-41(5,6)7/h11-14,16-17,19-20,24,30-31,33H,8-10,15,18,21H2,1-7H3,(H,44,46)(H,45,47)/t24-,30+,31+,33?/m1/s1. The van der Waals surface area contributed by atoms with E-state index in [4.69, 9.17) is 14.2 Å². The SMILES string of the molecule is CCC1Oc2cc(-c3cnc([C@@H]4C[C@@H](F)CN4C(=O)OC(C)(C)C)[nH]3)ccc2-c2c(F)c3cc(-c4cnc([C@@H]5CCCN5C(=O)OC(C)(C)C)[nH]4)ccc3n21. The first-order valence-electron chi connectivity index (χ1n) is 19.0. The molecule has 12 nitrogen and oxygen atoms in total. The van der Waals surface area contributed by atoms with Crippen LogP contribution in [0.3, 0.4) is 0 Å². The number of nitrogens with zero attached hydrogens (tertiary/aromatic N) is 5. The van der Waals surface area contributed by atoms with Crippen molar-refractivity contribution in [2.75, 3.05) is 13.1 Å². The number of aromatic amines is 2. The minimum atomic E-state index is -1.20. The predicted octanol–water partition coefficient (Wildman–Crippen LogP) is 9.62. The van der Waals surface area contributed by atoms with Crippen molar-refractivity contribution >= 4 is 23.1 Å². The summed E-state index contributed by atoms with van der Waals surface area (Å²) in [6.45, 7) is 13.4. The molecule has 5 aromatic rings. The first-order chi connectivity index (χ1) is 26.1. The molecular formula is C41H47F2N7O5. The van der Waals surface area contributed by atoms with Crippen LogP contribution in [0.1, 0.15) is 104 Å². The first kappa shape index (κ1) is 36.6. The second-order valence-electron chi connectivity index (χ2n) is 16.6. The van der Waals surface area contributed by atoms with E-state index in [1.54, 1.807) is 38.1 Å². The minimum absolute atomic E-state index is 0.0697. The zero-order valence-corrected chi connectivity index (χ0v) is 32.2. The number of nitrogens with one attached hydrogen (secondary N) is 2. The maximum Gasteiger partial charge on any atom is 0.411 e. The van der Waals surface area contributed by atoms with Gasteiger partial charge in [-0.25, -0.2) is 28.3 Å². The zero-order chi connectivity index (χ0) is 39.0. The average molecular weight is 756 g/mol. The van der Waals surface area contributed by atoms with Crippen molar-refractivity contribution in [2.45, 2.75) is 110 Å². The van der Waals surface area contributed by atoms with E-state index in [-0.39, 0.29) is 30.9 Å². The van der Waals surface area contributed by atoms with E-state index < -0.39 is 35.7 Å². The molecule has 4 atom stereocenters. The molecule has 3 aromatic heterocycles. The van der Waals surface area contributed by atoms with E-state index >= 15 is 4.39 Å². The van der Waals surface area contributed by atoms with Crippen LogP contribution >= 0.6 is 0 Å². The molecular weight excluding hydrogens is 708 g/mol.